The number of aryl methyl sites for hydroxylation is 3. The third kappa shape index (κ3) is 1.55. The molecule has 1 aromatic heterocycles. The molecule has 1 atom stereocenters. The van der Waals surface area contributed by atoms with Crippen LogP contribution in [0.4, 0.5) is 0 Å². The van der Waals surface area contributed by atoms with Gasteiger partial charge in [0.15, 0.2) is 0 Å². The number of aliphatic hydroxyl groups is 1. The predicted octanol–water partition coefficient (Wildman–Crippen LogP) is 2.85. The van der Waals surface area contributed by atoms with Crippen LogP contribution in [-0.4, -0.2) is 9.67 Å². The highest BCUT2D eigenvalue weighted by molar-refractivity contribution is 5.87. The molecule has 0 saturated heterocycles. The Morgan fingerprint density at radius 3 is 2.53 bits per heavy atom. The minimum Gasteiger partial charge on any atom is -0.389 e. The lowest BCUT2D eigenvalue weighted by atomic mass is 10.0. The lowest BCUT2D eigenvalue weighted by molar-refractivity contribution is 0.200. The summed E-state index contributed by atoms with van der Waals surface area (Å²) in [7, 11) is 2.02. The van der Waals surface area contributed by atoms with E-state index in [1.807, 2.05) is 20.2 Å². The van der Waals surface area contributed by atoms with Crippen LogP contribution in [0.2, 0.25) is 0 Å². The van der Waals surface area contributed by atoms with Crippen molar-refractivity contribution < 1.29 is 5.11 Å². The molecule has 2 nitrogen and oxygen atoms in total. The Bertz CT molecular complexity index is 509. The second kappa shape index (κ2) is 3.38. The van der Waals surface area contributed by atoms with Gasteiger partial charge in [-0.05, 0) is 32.4 Å². The van der Waals surface area contributed by atoms with E-state index in [9.17, 15) is 5.11 Å². The van der Waals surface area contributed by atoms with Gasteiger partial charge in [-0.25, -0.2) is 0 Å². The second-order valence-electron chi connectivity index (χ2n) is 4.35. The van der Waals surface area contributed by atoms with Crippen molar-refractivity contribution in [3.05, 3.63) is 35.0 Å². The normalized spacial score (nSPS) is 13.4. The monoisotopic (exact) mass is 203 g/mol. The number of nitrogens with zero attached hydrogens (tertiary/aromatic N) is 1. The van der Waals surface area contributed by atoms with Crippen LogP contribution in [0.25, 0.3) is 10.9 Å². The Kier molecular flexibility index (Phi) is 2.31. The van der Waals surface area contributed by atoms with Gasteiger partial charge in [-0.2, -0.15) is 0 Å². The van der Waals surface area contributed by atoms with Crippen molar-refractivity contribution in [3.8, 4) is 0 Å². The van der Waals surface area contributed by atoms with Gasteiger partial charge >= 0.3 is 0 Å². The number of aromatic nitrogens is 1. The fourth-order valence-corrected chi connectivity index (χ4v) is 2.32. The molecule has 0 spiro atoms. The zero-order chi connectivity index (χ0) is 11.2. The minimum atomic E-state index is -0.408. The SMILES string of the molecule is Cc1cc(C)c2c(c1)c(C(C)O)cn2C. The summed E-state index contributed by atoms with van der Waals surface area (Å²) in [5.41, 5.74) is 4.74. The van der Waals surface area contributed by atoms with Crippen LogP contribution in [0.3, 0.4) is 0 Å². The smallest absolute Gasteiger partial charge is 0.0782 e. The van der Waals surface area contributed by atoms with E-state index in [0.29, 0.717) is 0 Å². The van der Waals surface area contributed by atoms with Crippen LogP contribution in [0, 0.1) is 13.8 Å². The van der Waals surface area contributed by atoms with E-state index in [1.165, 1.54) is 22.0 Å². The number of hydrogen-bond acceptors (Lipinski definition) is 1. The first-order chi connectivity index (χ1) is 7.00. The van der Waals surface area contributed by atoms with Gasteiger partial charge in [0.1, 0.15) is 0 Å². The van der Waals surface area contributed by atoms with Crippen molar-refractivity contribution in [3.63, 3.8) is 0 Å². The molecule has 0 fully saturated rings. The van der Waals surface area contributed by atoms with E-state index < -0.39 is 6.10 Å². The summed E-state index contributed by atoms with van der Waals surface area (Å²) in [6.07, 6.45) is 1.61. The van der Waals surface area contributed by atoms with Gasteiger partial charge in [0.2, 0.25) is 0 Å². The van der Waals surface area contributed by atoms with Crippen molar-refractivity contribution in [2.24, 2.45) is 7.05 Å². The minimum absolute atomic E-state index is 0.408. The van der Waals surface area contributed by atoms with E-state index in [0.717, 1.165) is 5.56 Å². The molecule has 1 unspecified atom stereocenters. The van der Waals surface area contributed by atoms with Gasteiger partial charge in [0.05, 0.1) is 11.6 Å². The van der Waals surface area contributed by atoms with Gasteiger partial charge in [0, 0.05) is 24.2 Å². The highest BCUT2D eigenvalue weighted by atomic mass is 16.3. The summed E-state index contributed by atoms with van der Waals surface area (Å²) >= 11 is 0. The van der Waals surface area contributed by atoms with Gasteiger partial charge in [0.25, 0.3) is 0 Å². The maximum Gasteiger partial charge on any atom is 0.0782 e. The maximum atomic E-state index is 9.70. The van der Waals surface area contributed by atoms with Crippen LogP contribution in [0.15, 0.2) is 18.3 Å². The topological polar surface area (TPSA) is 25.2 Å². The molecule has 0 aliphatic rings. The largest absolute Gasteiger partial charge is 0.389 e. The van der Waals surface area contributed by atoms with Gasteiger partial charge in [-0.15, -0.1) is 0 Å². The van der Waals surface area contributed by atoms with Crippen molar-refractivity contribution in [1.29, 1.82) is 0 Å². The average Bonchev–Trinajstić information content (AvgIpc) is 2.42. The average molecular weight is 203 g/mol. The molecular formula is C13H17NO. The Labute approximate surface area is 90.2 Å². The Morgan fingerprint density at radius 2 is 1.93 bits per heavy atom. The standard InChI is InChI=1S/C13H17NO/c1-8-5-9(2)13-11(6-8)12(10(3)15)7-14(13)4/h5-7,10,15H,1-4H3. The van der Waals surface area contributed by atoms with Crippen molar-refractivity contribution in [2.75, 3.05) is 0 Å². The molecule has 0 saturated carbocycles. The fraction of sp³-hybridized carbons (Fsp3) is 0.385. The number of fused-ring (bicyclic) bond motifs is 1. The third-order valence-corrected chi connectivity index (χ3v) is 2.89. The highest BCUT2D eigenvalue weighted by Crippen LogP contribution is 2.29. The van der Waals surface area contributed by atoms with Crippen molar-refractivity contribution in [2.45, 2.75) is 26.9 Å². The Balaban J connectivity index is 2.87. The van der Waals surface area contributed by atoms with Crippen LogP contribution in [0.5, 0.6) is 0 Å². The molecule has 0 bridgehead atoms. The number of aliphatic hydroxyl groups excluding tert-OH is 1. The molecule has 1 heterocycles. The van der Waals surface area contributed by atoms with Gasteiger partial charge in [-0.1, -0.05) is 11.6 Å². The van der Waals surface area contributed by atoms with Crippen molar-refractivity contribution in [1.82, 2.24) is 4.57 Å². The molecule has 1 N–H and O–H groups in total. The Hall–Kier alpha value is -1.28. The van der Waals surface area contributed by atoms with Gasteiger partial charge in [-0.3, -0.25) is 0 Å². The van der Waals surface area contributed by atoms with Crippen LogP contribution in [-0.2, 0) is 7.05 Å². The van der Waals surface area contributed by atoms with E-state index >= 15 is 0 Å². The summed E-state index contributed by atoms with van der Waals surface area (Å²) in [4.78, 5) is 0. The second-order valence-corrected chi connectivity index (χ2v) is 4.35. The molecule has 2 aromatic rings. The molecule has 2 rings (SSSR count). The fourth-order valence-electron chi connectivity index (χ4n) is 2.32. The maximum absolute atomic E-state index is 9.70. The molecule has 1 aromatic carbocycles. The van der Waals surface area contributed by atoms with E-state index in [4.69, 9.17) is 0 Å². The summed E-state index contributed by atoms with van der Waals surface area (Å²) in [5.74, 6) is 0. The summed E-state index contributed by atoms with van der Waals surface area (Å²) in [6.45, 7) is 6.01. The number of hydrogen-bond donors (Lipinski definition) is 1. The first-order valence-corrected chi connectivity index (χ1v) is 5.25. The van der Waals surface area contributed by atoms with Crippen molar-refractivity contribution >= 4 is 10.9 Å². The van der Waals surface area contributed by atoms with E-state index in [-0.39, 0.29) is 0 Å². The van der Waals surface area contributed by atoms with Gasteiger partial charge < -0.3 is 9.67 Å². The zero-order valence-corrected chi connectivity index (χ0v) is 9.70. The first-order valence-electron chi connectivity index (χ1n) is 5.25. The highest BCUT2D eigenvalue weighted by Gasteiger charge is 2.12. The van der Waals surface area contributed by atoms with E-state index in [2.05, 4.69) is 30.5 Å². The first kappa shape index (κ1) is 10.2. The summed E-state index contributed by atoms with van der Waals surface area (Å²) < 4.78 is 2.09. The third-order valence-electron chi connectivity index (χ3n) is 2.89. The van der Waals surface area contributed by atoms with Crippen LogP contribution >= 0.6 is 0 Å². The molecule has 80 valence electrons. The molecule has 2 heteroatoms. The molecule has 15 heavy (non-hydrogen) atoms. The lowest BCUT2D eigenvalue weighted by Gasteiger charge is -2.04. The predicted molar refractivity (Wildman–Crippen MR) is 63.0 cm³/mol. The zero-order valence-electron chi connectivity index (χ0n) is 9.70. The number of benzene rings is 1. The van der Waals surface area contributed by atoms with Crippen LogP contribution in [0.1, 0.15) is 29.7 Å². The number of rotatable bonds is 1. The molecule has 0 aliphatic heterocycles. The molecule has 0 amide bonds. The summed E-state index contributed by atoms with van der Waals surface area (Å²) in [5, 5.41) is 10.9. The lowest BCUT2D eigenvalue weighted by Crippen LogP contribution is -1.88. The summed E-state index contributed by atoms with van der Waals surface area (Å²) in [6, 6.07) is 4.32. The van der Waals surface area contributed by atoms with Crippen LogP contribution < -0.4 is 0 Å². The Morgan fingerprint density at radius 1 is 1.27 bits per heavy atom. The quantitative estimate of drug-likeness (QED) is 0.757. The molecule has 0 radical (unpaired) electrons. The van der Waals surface area contributed by atoms with E-state index in [1.54, 1.807) is 0 Å². The molecule has 0 aliphatic carbocycles. The molecular weight excluding hydrogens is 186 g/mol.